The van der Waals surface area contributed by atoms with E-state index in [2.05, 4.69) is 10.6 Å². The van der Waals surface area contributed by atoms with E-state index < -0.39 is 17.8 Å². The summed E-state index contributed by atoms with van der Waals surface area (Å²) >= 11 is 0. The fourth-order valence-electron chi connectivity index (χ4n) is 1.28. The van der Waals surface area contributed by atoms with Gasteiger partial charge in [-0.15, -0.1) is 0 Å². The topological polar surface area (TPSA) is 78.4 Å². The van der Waals surface area contributed by atoms with Gasteiger partial charge >= 0.3 is 5.97 Å². The van der Waals surface area contributed by atoms with E-state index in [0.29, 0.717) is 5.69 Å². The fourth-order valence-corrected chi connectivity index (χ4v) is 1.28. The summed E-state index contributed by atoms with van der Waals surface area (Å²) in [6.07, 6.45) is 0.119. The number of anilines is 1. The molecule has 0 aromatic heterocycles. The maximum Gasteiger partial charge on any atom is 0.320 e. The number of hydrogen-bond donors (Lipinski definition) is 3. The highest BCUT2D eigenvalue weighted by atomic mass is 19.1. The van der Waals surface area contributed by atoms with Crippen LogP contribution in [0, 0.1) is 5.82 Å². The van der Waals surface area contributed by atoms with Gasteiger partial charge in [-0.3, -0.25) is 9.59 Å². The summed E-state index contributed by atoms with van der Waals surface area (Å²) in [5.41, 5.74) is 0.381. The lowest BCUT2D eigenvalue weighted by Crippen LogP contribution is -2.35. The lowest BCUT2D eigenvalue weighted by molar-refractivity contribution is -0.139. The van der Waals surface area contributed by atoms with Crippen LogP contribution >= 0.6 is 0 Å². The number of rotatable bonds is 6. The molecule has 1 aromatic carbocycles. The monoisotopic (exact) mass is 254 g/mol. The third-order valence-corrected chi connectivity index (χ3v) is 2.28. The number of carbonyl (C=O) groups is 2. The third kappa shape index (κ3) is 4.92. The molecule has 6 heteroatoms. The van der Waals surface area contributed by atoms with Crippen molar-refractivity contribution >= 4 is 17.6 Å². The summed E-state index contributed by atoms with van der Waals surface area (Å²) in [4.78, 5) is 22.0. The molecule has 1 amide bonds. The normalized spacial score (nSPS) is 11.9. The summed E-state index contributed by atoms with van der Waals surface area (Å²) in [7, 11) is 0. The van der Waals surface area contributed by atoms with Crippen LogP contribution in [0.1, 0.15) is 13.3 Å². The molecule has 0 aliphatic rings. The molecule has 0 spiro atoms. The number of carboxylic acid groups (broad SMARTS) is 1. The Bertz CT molecular complexity index is 437. The standard InChI is InChI=1S/C12H15FN2O3/c1-8(12(17)18)14-6-5-11(16)15-10-4-2-3-9(13)7-10/h2-4,7-8,14H,5-6H2,1H3,(H,15,16)(H,17,18). The van der Waals surface area contributed by atoms with Crippen molar-refractivity contribution in [1.29, 1.82) is 0 Å². The Labute approximate surface area is 104 Å². The van der Waals surface area contributed by atoms with Crippen LogP contribution in [-0.2, 0) is 9.59 Å². The van der Waals surface area contributed by atoms with Gasteiger partial charge in [0.15, 0.2) is 0 Å². The van der Waals surface area contributed by atoms with E-state index in [1.54, 1.807) is 6.07 Å². The van der Waals surface area contributed by atoms with Gasteiger partial charge in [-0.2, -0.15) is 0 Å². The van der Waals surface area contributed by atoms with E-state index in [9.17, 15) is 14.0 Å². The lowest BCUT2D eigenvalue weighted by atomic mass is 10.3. The highest BCUT2D eigenvalue weighted by Crippen LogP contribution is 2.09. The van der Waals surface area contributed by atoms with Crippen molar-refractivity contribution in [3.8, 4) is 0 Å². The van der Waals surface area contributed by atoms with Crippen molar-refractivity contribution in [3.63, 3.8) is 0 Å². The van der Waals surface area contributed by atoms with E-state index >= 15 is 0 Å². The van der Waals surface area contributed by atoms with Crippen LogP contribution in [0.25, 0.3) is 0 Å². The van der Waals surface area contributed by atoms with Crippen LogP contribution in [0.5, 0.6) is 0 Å². The van der Waals surface area contributed by atoms with Gasteiger partial charge in [-0.25, -0.2) is 4.39 Å². The molecule has 0 aliphatic heterocycles. The highest BCUT2D eigenvalue weighted by molar-refractivity contribution is 5.90. The first-order valence-corrected chi connectivity index (χ1v) is 5.50. The first-order chi connectivity index (χ1) is 8.49. The number of halogens is 1. The lowest BCUT2D eigenvalue weighted by Gasteiger charge is -2.09. The minimum atomic E-state index is -0.972. The molecule has 0 heterocycles. The van der Waals surface area contributed by atoms with Crippen LogP contribution in [0.3, 0.4) is 0 Å². The average molecular weight is 254 g/mol. The highest BCUT2D eigenvalue weighted by Gasteiger charge is 2.10. The summed E-state index contributed by atoms with van der Waals surface area (Å²) in [5, 5.41) is 13.8. The predicted octanol–water partition coefficient (Wildman–Crippen LogP) is 1.22. The second kappa shape index (κ2) is 6.70. The number of carbonyl (C=O) groups excluding carboxylic acids is 1. The molecular formula is C12H15FN2O3. The molecule has 0 saturated carbocycles. The van der Waals surface area contributed by atoms with Gasteiger partial charge in [0.25, 0.3) is 0 Å². The van der Waals surface area contributed by atoms with Gasteiger partial charge in [-0.05, 0) is 25.1 Å². The molecule has 0 saturated heterocycles. The third-order valence-electron chi connectivity index (χ3n) is 2.28. The molecule has 0 fully saturated rings. The smallest absolute Gasteiger partial charge is 0.320 e. The Kier molecular flexibility index (Phi) is 5.26. The quantitative estimate of drug-likeness (QED) is 0.713. The molecule has 1 rings (SSSR count). The summed E-state index contributed by atoms with van der Waals surface area (Å²) in [6, 6.07) is 4.87. The Morgan fingerprint density at radius 1 is 1.44 bits per heavy atom. The number of carboxylic acids is 1. The van der Waals surface area contributed by atoms with Gasteiger partial charge in [-0.1, -0.05) is 6.07 Å². The zero-order valence-corrected chi connectivity index (χ0v) is 9.94. The van der Waals surface area contributed by atoms with Crippen LogP contribution in [0.15, 0.2) is 24.3 Å². The minimum absolute atomic E-state index is 0.119. The zero-order valence-electron chi connectivity index (χ0n) is 9.94. The molecule has 1 unspecified atom stereocenters. The van der Waals surface area contributed by atoms with E-state index in [4.69, 9.17) is 5.11 Å². The first kappa shape index (κ1) is 14.1. The second-order valence-corrected chi connectivity index (χ2v) is 3.82. The van der Waals surface area contributed by atoms with Crippen molar-refractivity contribution in [2.45, 2.75) is 19.4 Å². The van der Waals surface area contributed by atoms with Crippen LogP contribution in [0.4, 0.5) is 10.1 Å². The summed E-state index contributed by atoms with van der Waals surface area (Å²) < 4.78 is 12.8. The van der Waals surface area contributed by atoms with E-state index in [-0.39, 0.29) is 18.9 Å². The number of amides is 1. The Hall–Kier alpha value is -1.95. The Morgan fingerprint density at radius 2 is 2.17 bits per heavy atom. The van der Waals surface area contributed by atoms with Crippen molar-refractivity contribution < 1.29 is 19.1 Å². The van der Waals surface area contributed by atoms with Crippen LogP contribution in [0.2, 0.25) is 0 Å². The van der Waals surface area contributed by atoms with Crippen molar-refractivity contribution in [2.75, 3.05) is 11.9 Å². The molecule has 1 atom stereocenters. The second-order valence-electron chi connectivity index (χ2n) is 3.82. The van der Waals surface area contributed by atoms with Crippen molar-refractivity contribution in [1.82, 2.24) is 5.32 Å². The molecule has 98 valence electrons. The van der Waals surface area contributed by atoms with Crippen LogP contribution < -0.4 is 10.6 Å². The number of nitrogens with one attached hydrogen (secondary N) is 2. The fraction of sp³-hybridized carbons (Fsp3) is 0.333. The van der Waals surface area contributed by atoms with Gasteiger partial charge < -0.3 is 15.7 Å². The van der Waals surface area contributed by atoms with Gasteiger partial charge in [0.1, 0.15) is 11.9 Å². The number of benzene rings is 1. The van der Waals surface area contributed by atoms with Crippen molar-refractivity contribution in [3.05, 3.63) is 30.1 Å². The molecule has 0 radical (unpaired) electrons. The summed E-state index contributed by atoms with van der Waals surface area (Å²) in [6.45, 7) is 1.74. The molecule has 1 aromatic rings. The predicted molar refractivity (Wildman–Crippen MR) is 64.7 cm³/mol. The largest absolute Gasteiger partial charge is 0.480 e. The van der Waals surface area contributed by atoms with E-state index in [0.717, 1.165) is 0 Å². The maximum absolute atomic E-state index is 12.8. The van der Waals surface area contributed by atoms with Gasteiger partial charge in [0.2, 0.25) is 5.91 Å². The Morgan fingerprint density at radius 3 is 2.78 bits per heavy atom. The van der Waals surface area contributed by atoms with Crippen LogP contribution in [-0.4, -0.2) is 29.6 Å². The molecule has 3 N–H and O–H groups in total. The average Bonchev–Trinajstić information content (AvgIpc) is 2.28. The molecule has 18 heavy (non-hydrogen) atoms. The van der Waals surface area contributed by atoms with E-state index in [1.165, 1.54) is 25.1 Å². The molecule has 5 nitrogen and oxygen atoms in total. The minimum Gasteiger partial charge on any atom is -0.480 e. The first-order valence-electron chi connectivity index (χ1n) is 5.50. The molecular weight excluding hydrogens is 239 g/mol. The number of hydrogen-bond acceptors (Lipinski definition) is 3. The summed E-state index contributed by atoms with van der Waals surface area (Å²) in [5.74, 6) is -1.70. The number of aliphatic carboxylic acids is 1. The molecule has 0 bridgehead atoms. The van der Waals surface area contributed by atoms with E-state index in [1.807, 2.05) is 0 Å². The van der Waals surface area contributed by atoms with Gasteiger partial charge in [0, 0.05) is 18.7 Å². The Balaban J connectivity index is 2.32. The maximum atomic E-state index is 12.8. The molecule has 0 aliphatic carbocycles. The van der Waals surface area contributed by atoms with Crippen molar-refractivity contribution in [2.24, 2.45) is 0 Å². The van der Waals surface area contributed by atoms with Gasteiger partial charge in [0.05, 0.1) is 0 Å². The SMILES string of the molecule is CC(NCCC(=O)Nc1cccc(F)c1)C(=O)O. The zero-order chi connectivity index (χ0) is 13.5.